The highest BCUT2D eigenvalue weighted by molar-refractivity contribution is 5.81. The summed E-state index contributed by atoms with van der Waals surface area (Å²) in [6.45, 7) is 0.557. The molecule has 4 nitrogen and oxygen atoms in total. The minimum atomic E-state index is 0.557. The second-order valence-electron chi connectivity index (χ2n) is 4.96. The Morgan fingerprint density at radius 1 is 1.15 bits per heavy atom. The molecule has 0 saturated carbocycles. The van der Waals surface area contributed by atoms with E-state index in [1.54, 1.807) is 0 Å². The predicted molar refractivity (Wildman–Crippen MR) is 83.1 cm³/mol. The molecule has 2 aromatic carbocycles. The summed E-state index contributed by atoms with van der Waals surface area (Å²) in [7, 11) is 4.06. The summed E-state index contributed by atoms with van der Waals surface area (Å²) in [5, 5.41) is 0. The Bertz CT molecular complexity index is 745. The third-order valence-corrected chi connectivity index (χ3v) is 3.63. The van der Waals surface area contributed by atoms with Gasteiger partial charge in [-0.05, 0) is 35.9 Å². The Balaban J connectivity index is 2.00. The first-order chi connectivity index (χ1) is 9.69. The Hall–Kier alpha value is -2.33. The van der Waals surface area contributed by atoms with E-state index in [0.717, 1.165) is 28.0 Å². The lowest BCUT2D eigenvalue weighted by Crippen LogP contribution is -2.10. The highest BCUT2D eigenvalue weighted by Crippen LogP contribution is 2.26. The fraction of sp³-hybridized carbons (Fsp3) is 0.188. The molecular weight excluding hydrogens is 248 g/mol. The molecule has 0 bridgehead atoms. The van der Waals surface area contributed by atoms with Crippen molar-refractivity contribution >= 4 is 22.4 Å². The van der Waals surface area contributed by atoms with Crippen LogP contribution in [0.4, 0.5) is 11.4 Å². The van der Waals surface area contributed by atoms with Gasteiger partial charge in [-0.3, -0.25) is 0 Å². The van der Waals surface area contributed by atoms with Gasteiger partial charge >= 0.3 is 0 Å². The van der Waals surface area contributed by atoms with Gasteiger partial charge in [0.25, 0.3) is 0 Å². The second kappa shape index (κ2) is 4.98. The van der Waals surface area contributed by atoms with E-state index in [-0.39, 0.29) is 0 Å². The number of hydrogen-bond acceptors (Lipinski definition) is 3. The fourth-order valence-electron chi connectivity index (χ4n) is 2.37. The van der Waals surface area contributed by atoms with Crippen LogP contribution in [-0.4, -0.2) is 16.6 Å². The molecule has 0 atom stereocenters. The number of fused-ring (bicyclic) bond motifs is 1. The molecule has 3 rings (SSSR count). The Morgan fingerprint density at radius 2 is 1.95 bits per heavy atom. The third-order valence-electron chi connectivity index (χ3n) is 3.63. The average molecular weight is 266 g/mol. The number of nitrogens with two attached hydrogens (primary N) is 1. The molecule has 1 heterocycles. The van der Waals surface area contributed by atoms with Crippen LogP contribution in [0.5, 0.6) is 0 Å². The summed E-state index contributed by atoms with van der Waals surface area (Å²) in [6.07, 6.45) is 1.84. The zero-order valence-corrected chi connectivity index (χ0v) is 11.7. The molecule has 3 aromatic rings. The summed E-state index contributed by atoms with van der Waals surface area (Å²) in [4.78, 5) is 6.55. The number of nitrogens with zero attached hydrogens (tertiary/aromatic N) is 3. The van der Waals surface area contributed by atoms with Gasteiger partial charge in [-0.15, -0.1) is 0 Å². The zero-order valence-electron chi connectivity index (χ0n) is 11.7. The smallest absolute Gasteiger partial charge is 0.0955 e. The van der Waals surface area contributed by atoms with Crippen molar-refractivity contribution in [1.82, 2.24) is 9.55 Å². The normalized spacial score (nSPS) is 10.9. The molecule has 1 aromatic heterocycles. The van der Waals surface area contributed by atoms with Crippen LogP contribution >= 0.6 is 0 Å². The molecule has 0 aliphatic rings. The monoisotopic (exact) mass is 266 g/mol. The summed E-state index contributed by atoms with van der Waals surface area (Å²) < 4.78 is 2.02. The number of benzene rings is 2. The molecule has 0 saturated heterocycles. The van der Waals surface area contributed by atoms with E-state index in [9.17, 15) is 0 Å². The molecule has 20 heavy (non-hydrogen) atoms. The van der Waals surface area contributed by atoms with Gasteiger partial charge in [-0.2, -0.15) is 0 Å². The minimum Gasteiger partial charge on any atom is -0.345 e. The van der Waals surface area contributed by atoms with Crippen molar-refractivity contribution in [2.75, 3.05) is 11.9 Å². The molecule has 0 radical (unpaired) electrons. The highest BCUT2D eigenvalue weighted by Gasteiger charge is 2.07. The molecule has 102 valence electrons. The minimum absolute atomic E-state index is 0.557. The van der Waals surface area contributed by atoms with E-state index >= 15 is 0 Å². The molecule has 0 amide bonds. The number of aryl methyl sites for hydroxylation is 1. The predicted octanol–water partition coefficient (Wildman–Crippen LogP) is 2.80. The van der Waals surface area contributed by atoms with E-state index in [2.05, 4.69) is 47.3 Å². The van der Waals surface area contributed by atoms with Crippen molar-refractivity contribution in [2.45, 2.75) is 6.54 Å². The third kappa shape index (κ3) is 2.14. The van der Waals surface area contributed by atoms with Crippen LogP contribution in [-0.2, 0) is 13.6 Å². The average Bonchev–Trinajstić information content (AvgIpc) is 2.87. The molecule has 0 fully saturated rings. The second-order valence-corrected chi connectivity index (χ2v) is 4.96. The molecule has 4 heteroatoms. The molecule has 2 N–H and O–H groups in total. The van der Waals surface area contributed by atoms with Crippen LogP contribution in [0.15, 0.2) is 48.8 Å². The summed E-state index contributed by atoms with van der Waals surface area (Å²) in [6, 6.07) is 14.6. The molecule has 0 unspecified atom stereocenters. The summed E-state index contributed by atoms with van der Waals surface area (Å²) in [5.41, 5.74) is 11.2. The Kier molecular flexibility index (Phi) is 3.16. The summed E-state index contributed by atoms with van der Waals surface area (Å²) >= 11 is 0. The van der Waals surface area contributed by atoms with Crippen molar-refractivity contribution in [3.05, 3.63) is 54.4 Å². The maximum Gasteiger partial charge on any atom is 0.0955 e. The molecule has 0 spiro atoms. The van der Waals surface area contributed by atoms with Gasteiger partial charge in [-0.1, -0.05) is 12.1 Å². The lowest BCUT2D eigenvalue weighted by molar-refractivity contribution is 0.947. The van der Waals surface area contributed by atoms with Gasteiger partial charge in [0.05, 0.1) is 17.4 Å². The van der Waals surface area contributed by atoms with E-state index in [0.29, 0.717) is 6.54 Å². The van der Waals surface area contributed by atoms with Crippen LogP contribution in [0.2, 0.25) is 0 Å². The number of anilines is 2. The largest absolute Gasteiger partial charge is 0.345 e. The topological polar surface area (TPSA) is 47.1 Å². The van der Waals surface area contributed by atoms with Gasteiger partial charge in [0.1, 0.15) is 0 Å². The first-order valence-electron chi connectivity index (χ1n) is 6.63. The van der Waals surface area contributed by atoms with Crippen molar-refractivity contribution < 1.29 is 0 Å². The van der Waals surface area contributed by atoms with Gasteiger partial charge < -0.3 is 15.2 Å². The van der Waals surface area contributed by atoms with Crippen LogP contribution in [0.25, 0.3) is 11.0 Å². The van der Waals surface area contributed by atoms with Gasteiger partial charge in [0.2, 0.25) is 0 Å². The van der Waals surface area contributed by atoms with Gasteiger partial charge in [0.15, 0.2) is 0 Å². The van der Waals surface area contributed by atoms with Gasteiger partial charge in [-0.25, -0.2) is 4.98 Å². The SMILES string of the molecule is CN(c1cccc(CN)c1)c1ccc2c(c1)ncn2C. The van der Waals surface area contributed by atoms with E-state index in [1.807, 2.05) is 30.1 Å². The van der Waals surface area contributed by atoms with Crippen LogP contribution < -0.4 is 10.6 Å². The van der Waals surface area contributed by atoms with Crippen LogP contribution in [0.1, 0.15) is 5.56 Å². The fourth-order valence-corrected chi connectivity index (χ4v) is 2.37. The quantitative estimate of drug-likeness (QED) is 0.793. The maximum absolute atomic E-state index is 5.70. The van der Waals surface area contributed by atoms with Crippen LogP contribution in [0, 0.1) is 0 Å². The number of imidazole rings is 1. The highest BCUT2D eigenvalue weighted by atomic mass is 15.1. The lowest BCUT2D eigenvalue weighted by atomic mass is 10.1. The van der Waals surface area contributed by atoms with E-state index in [4.69, 9.17) is 5.73 Å². The van der Waals surface area contributed by atoms with Gasteiger partial charge in [0, 0.05) is 32.0 Å². The maximum atomic E-state index is 5.70. The summed E-state index contributed by atoms with van der Waals surface area (Å²) in [5.74, 6) is 0. The van der Waals surface area contributed by atoms with Crippen molar-refractivity contribution in [2.24, 2.45) is 12.8 Å². The van der Waals surface area contributed by atoms with Crippen molar-refractivity contribution in [3.63, 3.8) is 0 Å². The lowest BCUT2D eigenvalue weighted by Gasteiger charge is -2.20. The first-order valence-corrected chi connectivity index (χ1v) is 6.63. The number of rotatable bonds is 3. The first kappa shape index (κ1) is 12.7. The Morgan fingerprint density at radius 3 is 2.75 bits per heavy atom. The van der Waals surface area contributed by atoms with E-state index in [1.165, 1.54) is 0 Å². The van der Waals surface area contributed by atoms with Crippen molar-refractivity contribution in [1.29, 1.82) is 0 Å². The van der Waals surface area contributed by atoms with Crippen LogP contribution in [0.3, 0.4) is 0 Å². The zero-order chi connectivity index (χ0) is 14.1. The molecule has 0 aliphatic heterocycles. The number of hydrogen-bond donors (Lipinski definition) is 1. The van der Waals surface area contributed by atoms with E-state index < -0.39 is 0 Å². The Labute approximate surface area is 118 Å². The van der Waals surface area contributed by atoms with Crippen molar-refractivity contribution in [3.8, 4) is 0 Å². The molecular formula is C16H18N4. The molecule has 0 aliphatic carbocycles. The standard InChI is InChI=1S/C16H18N4/c1-19-11-18-15-9-14(6-7-16(15)19)20(2)13-5-3-4-12(8-13)10-17/h3-9,11H,10,17H2,1-2H3. The number of aromatic nitrogens is 2.